The number of likely N-dealkylation sites (tertiary alicyclic amines) is 1. The van der Waals surface area contributed by atoms with E-state index in [1.54, 1.807) is 11.1 Å². The summed E-state index contributed by atoms with van der Waals surface area (Å²) in [6, 6.07) is -0.119. The van der Waals surface area contributed by atoms with E-state index in [-0.39, 0.29) is 31.2 Å². The largest absolute Gasteiger partial charge is 0.379 e. The van der Waals surface area contributed by atoms with Gasteiger partial charge in [-0.25, -0.2) is 15.4 Å². The normalized spacial score (nSPS) is 13.9. The van der Waals surface area contributed by atoms with Gasteiger partial charge in [0, 0.05) is 26.2 Å². The average Bonchev–Trinajstić information content (AvgIpc) is 3.11. The molecule has 1 aliphatic heterocycles. The molecule has 0 bridgehead atoms. The van der Waals surface area contributed by atoms with Crippen LogP contribution in [0.15, 0.2) is 6.20 Å². The van der Waals surface area contributed by atoms with Crippen molar-refractivity contribution in [3.05, 3.63) is 11.9 Å². The highest BCUT2D eigenvalue weighted by molar-refractivity contribution is 5.75. The van der Waals surface area contributed by atoms with Gasteiger partial charge in [0.25, 0.3) is 0 Å². The third kappa shape index (κ3) is 8.70. The topological polar surface area (TPSA) is 172 Å². The maximum Gasteiger partial charge on any atom is 0.317 e. The van der Waals surface area contributed by atoms with Gasteiger partial charge in [-0.1, -0.05) is 5.21 Å². The molecular formula is C16H30N8O5. The number of hydrogen-bond acceptors (Lipinski definition) is 9. The predicted molar refractivity (Wildman–Crippen MR) is 101 cm³/mol. The first-order chi connectivity index (χ1) is 14.1. The lowest BCUT2D eigenvalue weighted by molar-refractivity contribution is -0.121. The van der Waals surface area contributed by atoms with Gasteiger partial charge in [-0.05, 0) is 6.42 Å². The van der Waals surface area contributed by atoms with E-state index < -0.39 is 0 Å². The molecule has 6 N–H and O–H groups in total. The van der Waals surface area contributed by atoms with Gasteiger partial charge >= 0.3 is 6.03 Å². The average molecular weight is 414 g/mol. The highest BCUT2D eigenvalue weighted by Gasteiger charge is 2.30. The van der Waals surface area contributed by atoms with E-state index in [2.05, 4.69) is 25.8 Å². The second-order valence-corrected chi connectivity index (χ2v) is 6.46. The first-order valence-corrected chi connectivity index (χ1v) is 9.52. The van der Waals surface area contributed by atoms with E-state index >= 15 is 0 Å². The molecule has 0 saturated carbocycles. The molecule has 1 aromatic heterocycles. The zero-order valence-electron chi connectivity index (χ0n) is 16.4. The number of urea groups is 1. The first kappa shape index (κ1) is 23.0. The Bertz CT molecular complexity index is 622. The summed E-state index contributed by atoms with van der Waals surface area (Å²) in [6.45, 7) is 4.13. The van der Waals surface area contributed by atoms with Crippen molar-refractivity contribution in [3.63, 3.8) is 0 Å². The molecule has 164 valence electrons. The van der Waals surface area contributed by atoms with E-state index in [1.807, 2.05) is 0 Å². The zero-order valence-corrected chi connectivity index (χ0v) is 16.4. The summed E-state index contributed by atoms with van der Waals surface area (Å²) < 4.78 is 12.4. The molecule has 0 radical (unpaired) electrons. The molecule has 0 atom stereocenters. The number of nitrogens with two attached hydrogens (primary N) is 2. The number of carbonyl (C=O) groups is 2. The van der Waals surface area contributed by atoms with E-state index in [4.69, 9.17) is 21.1 Å². The standard InChI is InChI=1S/C16H30N8O5/c17-2-4-19-15(25)11-24-8-13(21-22-24)12-28-7-6-27-5-1-3-20-16(26)23-9-14(10-23)29-18/h8,14H,1-7,9-12,17-18H2,(H,19,25)(H,20,26). The number of amides is 3. The number of ether oxygens (including phenoxy) is 2. The van der Waals surface area contributed by atoms with Crippen LogP contribution in [-0.2, 0) is 32.3 Å². The van der Waals surface area contributed by atoms with Crippen LogP contribution in [0, 0.1) is 0 Å². The number of nitrogens with one attached hydrogen (secondary N) is 2. The van der Waals surface area contributed by atoms with Crippen LogP contribution >= 0.6 is 0 Å². The number of rotatable bonds is 14. The van der Waals surface area contributed by atoms with E-state index in [0.717, 1.165) is 0 Å². The summed E-state index contributed by atoms with van der Waals surface area (Å²) in [5, 5.41) is 13.3. The Morgan fingerprint density at radius 1 is 1.17 bits per heavy atom. The van der Waals surface area contributed by atoms with Gasteiger partial charge in [-0.15, -0.1) is 5.10 Å². The van der Waals surface area contributed by atoms with Crippen LogP contribution in [0.2, 0.25) is 0 Å². The molecule has 1 aliphatic rings. The molecular weight excluding hydrogens is 384 g/mol. The van der Waals surface area contributed by atoms with Gasteiger partial charge in [0.1, 0.15) is 18.3 Å². The van der Waals surface area contributed by atoms with Crippen molar-refractivity contribution in [2.75, 3.05) is 52.5 Å². The maximum absolute atomic E-state index is 11.7. The fourth-order valence-electron chi connectivity index (χ4n) is 2.46. The van der Waals surface area contributed by atoms with Crippen molar-refractivity contribution in [1.82, 2.24) is 30.5 Å². The van der Waals surface area contributed by atoms with Crippen molar-refractivity contribution < 1.29 is 23.9 Å². The lowest BCUT2D eigenvalue weighted by Crippen LogP contribution is -2.58. The van der Waals surface area contributed by atoms with Gasteiger partial charge in [0.15, 0.2) is 0 Å². The Balaban J connectivity index is 1.41. The SMILES string of the molecule is NCCNC(=O)Cn1cc(COCCOCCCNC(=O)N2CC(ON)C2)nn1. The fourth-order valence-corrected chi connectivity index (χ4v) is 2.46. The minimum Gasteiger partial charge on any atom is -0.379 e. The molecule has 13 heteroatoms. The number of carbonyl (C=O) groups excluding carboxylic acids is 2. The Labute approximate surface area is 168 Å². The van der Waals surface area contributed by atoms with Crippen LogP contribution in [0.3, 0.4) is 0 Å². The summed E-state index contributed by atoms with van der Waals surface area (Å²) >= 11 is 0. The molecule has 1 fully saturated rings. The monoisotopic (exact) mass is 414 g/mol. The Morgan fingerprint density at radius 3 is 2.72 bits per heavy atom. The lowest BCUT2D eigenvalue weighted by atomic mass is 10.2. The van der Waals surface area contributed by atoms with Gasteiger partial charge in [-0.2, -0.15) is 0 Å². The van der Waals surface area contributed by atoms with Gasteiger partial charge < -0.3 is 30.7 Å². The number of nitrogens with zero attached hydrogens (tertiary/aromatic N) is 4. The molecule has 1 saturated heterocycles. The molecule has 0 spiro atoms. The number of hydrogen-bond donors (Lipinski definition) is 4. The van der Waals surface area contributed by atoms with Crippen molar-refractivity contribution >= 4 is 11.9 Å². The van der Waals surface area contributed by atoms with Gasteiger partial charge in [0.05, 0.1) is 39.1 Å². The summed E-state index contributed by atoms with van der Waals surface area (Å²) in [4.78, 5) is 29.6. The van der Waals surface area contributed by atoms with Crippen LogP contribution in [-0.4, -0.2) is 90.5 Å². The molecule has 3 amide bonds. The predicted octanol–water partition coefficient (Wildman–Crippen LogP) is -2.44. The minimum absolute atomic E-state index is 0.0607. The first-order valence-electron chi connectivity index (χ1n) is 9.52. The van der Waals surface area contributed by atoms with Gasteiger partial charge in [-0.3, -0.25) is 9.63 Å². The zero-order chi connectivity index (χ0) is 20.9. The number of aromatic nitrogens is 3. The molecule has 1 aromatic rings. The van der Waals surface area contributed by atoms with Crippen LogP contribution in [0.1, 0.15) is 12.1 Å². The van der Waals surface area contributed by atoms with Crippen LogP contribution in [0.5, 0.6) is 0 Å². The smallest absolute Gasteiger partial charge is 0.317 e. The quantitative estimate of drug-likeness (QED) is 0.191. The lowest BCUT2D eigenvalue weighted by Gasteiger charge is -2.37. The molecule has 29 heavy (non-hydrogen) atoms. The third-order valence-electron chi connectivity index (χ3n) is 4.05. The van der Waals surface area contributed by atoms with E-state index in [1.165, 1.54) is 4.68 Å². The van der Waals surface area contributed by atoms with Crippen LogP contribution < -0.4 is 22.3 Å². The van der Waals surface area contributed by atoms with E-state index in [9.17, 15) is 9.59 Å². The second kappa shape index (κ2) is 13.0. The van der Waals surface area contributed by atoms with Crippen molar-refractivity contribution in [3.8, 4) is 0 Å². The van der Waals surface area contributed by atoms with Gasteiger partial charge in [0.2, 0.25) is 5.91 Å². The Hall–Kier alpha value is -2.32. The Kier molecular flexibility index (Phi) is 10.3. The Morgan fingerprint density at radius 2 is 1.97 bits per heavy atom. The van der Waals surface area contributed by atoms with Crippen molar-refractivity contribution in [2.45, 2.75) is 25.7 Å². The summed E-state index contributed by atoms with van der Waals surface area (Å²) in [6.07, 6.45) is 2.30. The van der Waals surface area contributed by atoms with Crippen LogP contribution in [0.25, 0.3) is 0 Å². The molecule has 13 nitrogen and oxygen atoms in total. The summed E-state index contributed by atoms with van der Waals surface area (Å²) in [5.41, 5.74) is 5.96. The third-order valence-corrected chi connectivity index (χ3v) is 4.05. The van der Waals surface area contributed by atoms with Crippen LogP contribution in [0.4, 0.5) is 4.79 Å². The molecule has 0 aliphatic carbocycles. The minimum atomic E-state index is -0.170. The molecule has 2 rings (SSSR count). The summed E-state index contributed by atoms with van der Waals surface area (Å²) in [5.74, 6) is 4.87. The van der Waals surface area contributed by atoms with Crippen molar-refractivity contribution in [2.24, 2.45) is 11.6 Å². The highest BCUT2D eigenvalue weighted by Crippen LogP contribution is 2.09. The molecule has 0 aromatic carbocycles. The second-order valence-electron chi connectivity index (χ2n) is 6.46. The highest BCUT2D eigenvalue weighted by atomic mass is 16.6. The summed E-state index contributed by atoms with van der Waals surface area (Å²) in [7, 11) is 0. The van der Waals surface area contributed by atoms with Crippen molar-refractivity contribution in [1.29, 1.82) is 0 Å². The fraction of sp³-hybridized carbons (Fsp3) is 0.750. The molecule has 2 heterocycles. The van der Waals surface area contributed by atoms with E-state index in [0.29, 0.717) is 64.7 Å². The maximum atomic E-state index is 11.7. The molecule has 0 unspecified atom stereocenters.